The minimum atomic E-state index is -0.00633. The van der Waals surface area contributed by atoms with Gasteiger partial charge in [0.05, 0.1) is 6.61 Å². The predicted octanol–water partition coefficient (Wildman–Crippen LogP) is 2.98. The Balaban J connectivity index is 2.23. The minimum Gasteiger partial charge on any atom is -0.439 e. The van der Waals surface area contributed by atoms with Gasteiger partial charge in [-0.25, -0.2) is 4.98 Å². The van der Waals surface area contributed by atoms with Gasteiger partial charge in [-0.3, -0.25) is 0 Å². The summed E-state index contributed by atoms with van der Waals surface area (Å²) in [5.41, 5.74) is 2.82. The molecule has 0 atom stereocenters. The number of rotatable bonds is 3. The third kappa shape index (κ3) is 3.04. The van der Waals surface area contributed by atoms with E-state index in [1.54, 1.807) is 6.07 Å². The van der Waals surface area contributed by atoms with E-state index in [-0.39, 0.29) is 6.61 Å². The molecule has 0 saturated carbocycles. The number of nitrogens with zero attached hydrogens (tertiary/aromatic N) is 1. The van der Waals surface area contributed by atoms with Gasteiger partial charge in [0.2, 0.25) is 5.88 Å². The van der Waals surface area contributed by atoms with Gasteiger partial charge in [-0.1, -0.05) is 17.7 Å². The first kappa shape index (κ1) is 11.6. The highest BCUT2D eigenvalue weighted by atomic mass is 16.5. The lowest BCUT2D eigenvalue weighted by Gasteiger charge is -2.07. The Hall–Kier alpha value is -1.87. The molecule has 0 aliphatic rings. The van der Waals surface area contributed by atoms with Crippen LogP contribution >= 0.6 is 0 Å². The molecule has 88 valence electrons. The molecule has 3 heteroatoms. The highest BCUT2D eigenvalue weighted by Crippen LogP contribution is 2.21. The zero-order valence-corrected chi connectivity index (χ0v) is 9.97. The smallest absolute Gasteiger partial charge is 0.219 e. The van der Waals surface area contributed by atoms with Crippen LogP contribution < -0.4 is 4.74 Å². The molecule has 1 aromatic carbocycles. The molecule has 0 amide bonds. The van der Waals surface area contributed by atoms with Crippen molar-refractivity contribution >= 4 is 0 Å². The zero-order chi connectivity index (χ0) is 12.3. The third-order valence-corrected chi connectivity index (χ3v) is 2.42. The van der Waals surface area contributed by atoms with E-state index < -0.39 is 0 Å². The van der Waals surface area contributed by atoms with Crippen LogP contribution in [0.15, 0.2) is 36.4 Å². The maximum absolute atomic E-state index is 9.11. The molecule has 1 N–H and O–H groups in total. The van der Waals surface area contributed by atoms with Crippen LogP contribution in [0, 0.1) is 13.8 Å². The lowest BCUT2D eigenvalue weighted by molar-refractivity contribution is 0.281. The number of aliphatic hydroxyl groups is 1. The fourth-order valence-electron chi connectivity index (χ4n) is 1.58. The Labute approximate surface area is 101 Å². The summed E-state index contributed by atoms with van der Waals surface area (Å²) in [5, 5.41) is 9.11. The lowest BCUT2D eigenvalue weighted by atomic mass is 10.2. The Morgan fingerprint density at radius 1 is 1.12 bits per heavy atom. The SMILES string of the molecule is Cc1ccc(Oc2cc(CO)cc(C)n2)cc1. The van der Waals surface area contributed by atoms with E-state index in [0.717, 1.165) is 17.0 Å². The number of aromatic nitrogens is 1. The number of hydrogen-bond donors (Lipinski definition) is 1. The van der Waals surface area contributed by atoms with Gasteiger partial charge in [0.25, 0.3) is 0 Å². The van der Waals surface area contributed by atoms with Gasteiger partial charge < -0.3 is 9.84 Å². The maximum atomic E-state index is 9.11. The average Bonchev–Trinajstić information content (AvgIpc) is 2.31. The molecule has 2 aromatic rings. The van der Waals surface area contributed by atoms with Gasteiger partial charge in [-0.05, 0) is 37.6 Å². The van der Waals surface area contributed by atoms with Crippen LogP contribution in [0.5, 0.6) is 11.6 Å². The molecular weight excluding hydrogens is 214 g/mol. The van der Waals surface area contributed by atoms with Gasteiger partial charge in [0.1, 0.15) is 5.75 Å². The Bertz CT molecular complexity index is 506. The highest BCUT2D eigenvalue weighted by molar-refractivity contribution is 5.32. The van der Waals surface area contributed by atoms with Crippen molar-refractivity contribution in [2.45, 2.75) is 20.5 Å². The van der Waals surface area contributed by atoms with E-state index in [4.69, 9.17) is 9.84 Å². The Kier molecular flexibility index (Phi) is 3.40. The molecule has 0 aliphatic carbocycles. The quantitative estimate of drug-likeness (QED) is 0.879. The summed E-state index contributed by atoms with van der Waals surface area (Å²) in [6.45, 7) is 3.90. The van der Waals surface area contributed by atoms with Crippen molar-refractivity contribution in [1.29, 1.82) is 0 Å². The standard InChI is InChI=1S/C14H15NO2/c1-10-3-5-13(6-4-10)17-14-8-12(9-16)7-11(2)15-14/h3-8,16H,9H2,1-2H3. The molecule has 1 aromatic heterocycles. The second kappa shape index (κ2) is 4.97. The number of hydrogen-bond acceptors (Lipinski definition) is 3. The van der Waals surface area contributed by atoms with Crippen LogP contribution in [-0.2, 0) is 6.61 Å². The fourth-order valence-corrected chi connectivity index (χ4v) is 1.58. The summed E-state index contributed by atoms with van der Waals surface area (Å²) >= 11 is 0. The minimum absolute atomic E-state index is 0.00633. The van der Waals surface area contributed by atoms with E-state index in [0.29, 0.717) is 5.88 Å². The Morgan fingerprint density at radius 3 is 2.47 bits per heavy atom. The number of ether oxygens (including phenoxy) is 1. The summed E-state index contributed by atoms with van der Waals surface area (Å²) in [4.78, 5) is 4.27. The molecule has 17 heavy (non-hydrogen) atoms. The van der Waals surface area contributed by atoms with Crippen LogP contribution in [0.3, 0.4) is 0 Å². The molecule has 3 nitrogen and oxygen atoms in total. The number of benzene rings is 1. The monoisotopic (exact) mass is 229 g/mol. The predicted molar refractivity (Wildman–Crippen MR) is 66.1 cm³/mol. The maximum Gasteiger partial charge on any atom is 0.219 e. The van der Waals surface area contributed by atoms with Crippen molar-refractivity contribution < 1.29 is 9.84 Å². The Morgan fingerprint density at radius 2 is 1.82 bits per heavy atom. The largest absolute Gasteiger partial charge is 0.439 e. The van der Waals surface area contributed by atoms with Crippen molar-refractivity contribution in [2.24, 2.45) is 0 Å². The van der Waals surface area contributed by atoms with Crippen molar-refractivity contribution in [3.05, 3.63) is 53.2 Å². The molecule has 0 unspecified atom stereocenters. The molecule has 0 aliphatic heterocycles. The van der Waals surface area contributed by atoms with E-state index in [1.807, 2.05) is 44.2 Å². The molecule has 1 heterocycles. The summed E-state index contributed by atoms with van der Waals surface area (Å²) in [7, 11) is 0. The summed E-state index contributed by atoms with van der Waals surface area (Å²) < 4.78 is 5.63. The normalized spacial score (nSPS) is 10.3. The van der Waals surface area contributed by atoms with Gasteiger partial charge in [0, 0.05) is 11.8 Å². The molecular formula is C14H15NO2. The summed E-state index contributed by atoms with van der Waals surface area (Å²) in [6, 6.07) is 11.3. The second-order valence-corrected chi connectivity index (χ2v) is 4.03. The first-order valence-corrected chi connectivity index (χ1v) is 5.50. The van der Waals surface area contributed by atoms with E-state index in [2.05, 4.69) is 4.98 Å². The topological polar surface area (TPSA) is 42.4 Å². The van der Waals surface area contributed by atoms with Crippen LogP contribution in [0.4, 0.5) is 0 Å². The van der Waals surface area contributed by atoms with Crippen molar-refractivity contribution in [3.63, 3.8) is 0 Å². The number of aryl methyl sites for hydroxylation is 2. The molecule has 0 saturated heterocycles. The van der Waals surface area contributed by atoms with Crippen LogP contribution in [0.25, 0.3) is 0 Å². The lowest BCUT2D eigenvalue weighted by Crippen LogP contribution is -1.93. The molecule has 2 rings (SSSR count). The first-order chi connectivity index (χ1) is 8.17. The van der Waals surface area contributed by atoms with Crippen molar-refractivity contribution in [1.82, 2.24) is 4.98 Å². The molecule has 0 spiro atoms. The first-order valence-electron chi connectivity index (χ1n) is 5.50. The van der Waals surface area contributed by atoms with E-state index in [9.17, 15) is 0 Å². The van der Waals surface area contributed by atoms with E-state index >= 15 is 0 Å². The van der Waals surface area contributed by atoms with Gasteiger partial charge in [-0.2, -0.15) is 0 Å². The molecule has 0 radical (unpaired) electrons. The van der Waals surface area contributed by atoms with Gasteiger partial charge >= 0.3 is 0 Å². The summed E-state index contributed by atoms with van der Waals surface area (Å²) in [6.07, 6.45) is 0. The van der Waals surface area contributed by atoms with Gasteiger partial charge in [0.15, 0.2) is 0 Å². The zero-order valence-electron chi connectivity index (χ0n) is 9.97. The number of aliphatic hydroxyl groups excluding tert-OH is 1. The highest BCUT2D eigenvalue weighted by Gasteiger charge is 2.02. The van der Waals surface area contributed by atoms with Crippen LogP contribution in [0.2, 0.25) is 0 Å². The number of pyridine rings is 1. The second-order valence-electron chi connectivity index (χ2n) is 4.03. The molecule has 0 fully saturated rings. The van der Waals surface area contributed by atoms with Crippen molar-refractivity contribution in [2.75, 3.05) is 0 Å². The summed E-state index contributed by atoms with van der Waals surface area (Å²) in [5.74, 6) is 1.26. The van der Waals surface area contributed by atoms with Crippen LogP contribution in [0.1, 0.15) is 16.8 Å². The van der Waals surface area contributed by atoms with E-state index in [1.165, 1.54) is 5.56 Å². The molecule has 0 bridgehead atoms. The van der Waals surface area contributed by atoms with Crippen LogP contribution in [-0.4, -0.2) is 10.1 Å². The average molecular weight is 229 g/mol. The van der Waals surface area contributed by atoms with Gasteiger partial charge in [-0.15, -0.1) is 0 Å². The van der Waals surface area contributed by atoms with Crippen molar-refractivity contribution in [3.8, 4) is 11.6 Å². The third-order valence-electron chi connectivity index (χ3n) is 2.42. The fraction of sp³-hybridized carbons (Fsp3) is 0.214.